The van der Waals surface area contributed by atoms with Gasteiger partial charge in [-0.15, -0.1) is 11.3 Å². The molecule has 1 aliphatic heterocycles. The maximum absolute atomic E-state index is 12.0. The molecule has 1 saturated heterocycles. The smallest absolute Gasteiger partial charge is 0.227 e. The third-order valence-corrected chi connectivity index (χ3v) is 4.68. The summed E-state index contributed by atoms with van der Waals surface area (Å²) in [6.45, 7) is 3.11. The van der Waals surface area contributed by atoms with Crippen LogP contribution < -0.4 is 5.32 Å². The van der Waals surface area contributed by atoms with Gasteiger partial charge in [0.2, 0.25) is 5.91 Å². The Morgan fingerprint density at radius 3 is 2.73 bits per heavy atom. The fraction of sp³-hybridized carbons (Fsp3) is 0.412. The molecule has 2 heterocycles. The van der Waals surface area contributed by atoms with Gasteiger partial charge in [-0.25, -0.2) is 4.98 Å². The number of nitrogens with one attached hydrogen (secondary N) is 1. The van der Waals surface area contributed by atoms with Crippen LogP contribution in [-0.4, -0.2) is 35.4 Å². The number of nitrogens with zero attached hydrogens (tertiary/aromatic N) is 2. The Bertz CT molecular complexity index is 605. The van der Waals surface area contributed by atoms with Crippen molar-refractivity contribution in [1.29, 1.82) is 0 Å². The molecule has 0 saturated carbocycles. The molecule has 2 aromatic rings. The minimum Gasteiger partial charge on any atom is -0.303 e. The minimum atomic E-state index is 0.0551. The molecule has 0 radical (unpaired) electrons. The van der Waals surface area contributed by atoms with Gasteiger partial charge in [0.05, 0.1) is 5.69 Å². The van der Waals surface area contributed by atoms with E-state index in [9.17, 15) is 4.79 Å². The van der Waals surface area contributed by atoms with E-state index in [1.165, 1.54) is 30.6 Å². The van der Waals surface area contributed by atoms with Crippen molar-refractivity contribution in [2.45, 2.75) is 25.7 Å². The highest BCUT2D eigenvalue weighted by atomic mass is 32.1. The zero-order valence-corrected chi connectivity index (χ0v) is 13.4. The topological polar surface area (TPSA) is 45.2 Å². The number of carbonyl (C=O) groups excluding carboxylic acids is 1. The SMILES string of the molecule is O=C(CCN1CCCCC1)Nc1nc(-c2ccccc2)cs1. The highest BCUT2D eigenvalue weighted by molar-refractivity contribution is 7.14. The monoisotopic (exact) mass is 315 g/mol. The van der Waals surface area contributed by atoms with Gasteiger partial charge in [0, 0.05) is 23.9 Å². The van der Waals surface area contributed by atoms with Gasteiger partial charge < -0.3 is 10.2 Å². The number of aromatic nitrogens is 1. The number of carbonyl (C=O) groups is 1. The molecule has 1 fully saturated rings. The van der Waals surface area contributed by atoms with E-state index in [0.29, 0.717) is 11.6 Å². The molecule has 1 aromatic heterocycles. The predicted molar refractivity (Wildman–Crippen MR) is 91.1 cm³/mol. The van der Waals surface area contributed by atoms with Crippen LogP contribution in [0.25, 0.3) is 11.3 Å². The fourth-order valence-corrected chi connectivity index (χ4v) is 3.43. The number of anilines is 1. The number of benzene rings is 1. The Kier molecular flexibility index (Phi) is 5.19. The summed E-state index contributed by atoms with van der Waals surface area (Å²) >= 11 is 1.48. The average molecular weight is 315 g/mol. The Balaban J connectivity index is 1.50. The van der Waals surface area contributed by atoms with Crippen LogP contribution in [0.3, 0.4) is 0 Å². The summed E-state index contributed by atoms with van der Waals surface area (Å²) < 4.78 is 0. The summed E-state index contributed by atoms with van der Waals surface area (Å²) in [5.74, 6) is 0.0551. The van der Waals surface area contributed by atoms with Crippen molar-refractivity contribution >= 4 is 22.4 Å². The van der Waals surface area contributed by atoms with Crippen molar-refractivity contribution in [2.24, 2.45) is 0 Å². The summed E-state index contributed by atoms with van der Waals surface area (Å²) in [5.41, 5.74) is 1.99. The van der Waals surface area contributed by atoms with E-state index in [0.717, 1.165) is 30.9 Å². The quantitative estimate of drug-likeness (QED) is 0.916. The zero-order chi connectivity index (χ0) is 15.2. The minimum absolute atomic E-state index is 0.0551. The summed E-state index contributed by atoms with van der Waals surface area (Å²) in [7, 11) is 0. The molecule has 1 aromatic carbocycles. The second-order valence-corrected chi connectivity index (χ2v) is 6.46. The van der Waals surface area contributed by atoms with Gasteiger partial charge in [-0.1, -0.05) is 36.8 Å². The Hall–Kier alpha value is -1.72. The molecule has 1 N–H and O–H groups in total. The highest BCUT2D eigenvalue weighted by Gasteiger charge is 2.13. The number of thiazole rings is 1. The maximum Gasteiger partial charge on any atom is 0.227 e. The highest BCUT2D eigenvalue weighted by Crippen LogP contribution is 2.24. The molecule has 5 heteroatoms. The summed E-state index contributed by atoms with van der Waals surface area (Å²) in [6.07, 6.45) is 4.38. The van der Waals surface area contributed by atoms with Crippen LogP contribution in [-0.2, 0) is 4.79 Å². The van der Waals surface area contributed by atoms with Gasteiger partial charge in [-0.2, -0.15) is 0 Å². The van der Waals surface area contributed by atoms with Crippen molar-refractivity contribution in [1.82, 2.24) is 9.88 Å². The number of amides is 1. The van der Waals surface area contributed by atoms with E-state index < -0.39 is 0 Å². The van der Waals surface area contributed by atoms with Gasteiger partial charge in [0.1, 0.15) is 0 Å². The van der Waals surface area contributed by atoms with Crippen LogP contribution >= 0.6 is 11.3 Å². The molecule has 22 heavy (non-hydrogen) atoms. The van der Waals surface area contributed by atoms with Crippen LogP contribution in [0.1, 0.15) is 25.7 Å². The first-order valence-corrected chi connectivity index (χ1v) is 8.72. The molecule has 1 amide bonds. The molecule has 0 spiro atoms. The van der Waals surface area contributed by atoms with Crippen LogP contribution in [0.5, 0.6) is 0 Å². The molecular formula is C17H21N3OS. The second-order valence-electron chi connectivity index (χ2n) is 5.60. The van der Waals surface area contributed by atoms with Gasteiger partial charge in [-0.3, -0.25) is 4.79 Å². The maximum atomic E-state index is 12.0. The zero-order valence-electron chi connectivity index (χ0n) is 12.6. The number of hydrogen-bond donors (Lipinski definition) is 1. The van der Waals surface area contributed by atoms with Crippen LogP contribution in [0.15, 0.2) is 35.7 Å². The van der Waals surface area contributed by atoms with Crippen molar-refractivity contribution in [2.75, 3.05) is 25.0 Å². The van der Waals surface area contributed by atoms with Gasteiger partial charge >= 0.3 is 0 Å². The lowest BCUT2D eigenvalue weighted by molar-refractivity contribution is -0.116. The molecular weight excluding hydrogens is 294 g/mol. The number of rotatable bonds is 5. The van der Waals surface area contributed by atoms with E-state index >= 15 is 0 Å². The number of hydrogen-bond acceptors (Lipinski definition) is 4. The Labute approximate surface area is 135 Å². The standard InChI is InChI=1S/C17H21N3OS/c21-16(9-12-20-10-5-2-6-11-20)19-17-18-15(13-22-17)14-7-3-1-4-8-14/h1,3-4,7-8,13H,2,5-6,9-12H2,(H,18,19,21). The molecule has 116 valence electrons. The molecule has 0 aliphatic carbocycles. The molecule has 0 atom stereocenters. The third kappa shape index (κ3) is 4.15. The molecule has 4 nitrogen and oxygen atoms in total. The Morgan fingerprint density at radius 2 is 1.95 bits per heavy atom. The first-order chi connectivity index (χ1) is 10.8. The van der Waals surface area contributed by atoms with Crippen molar-refractivity contribution < 1.29 is 4.79 Å². The van der Waals surface area contributed by atoms with Crippen molar-refractivity contribution in [3.8, 4) is 11.3 Å². The van der Waals surface area contributed by atoms with Crippen LogP contribution in [0.4, 0.5) is 5.13 Å². The Morgan fingerprint density at radius 1 is 1.18 bits per heavy atom. The normalized spacial score (nSPS) is 15.6. The summed E-state index contributed by atoms with van der Waals surface area (Å²) in [6, 6.07) is 10.0. The summed E-state index contributed by atoms with van der Waals surface area (Å²) in [5, 5.41) is 5.58. The molecule has 1 aliphatic rings. The molecule has 0 unspecified atom stereocenters. The van der Waals surface area contributed by atoms with Crippen molar-refractivity contribution in [3.63, 3.8) is 0 Å². The van der Waals surface area contributed by atoms with Crippen LogP contribution in [0.2, 0.25) is 0 Å². The largest absolute Gasteiger partial charge is 0.303 e. The van der Waals surface area contributed by atoms with Gasteiger partial charge in [-0.05, 0) is 25.9 Å². The summed E-state index contributed by atoms with van der Waals surface area (Å²) in [4.78, 5) is 18.9. The van der Waals surface area contributed by atoms with E-state index in [-0.39, 0.29) is 5.91 Å². The van der Waals surface area contributed by atoms with Gasteiger partial charge in [0.25, 0.3) is 0 Å². The molecule has 3 rings (SSSR count). The average Bonchev–Trinajstić information content (AvgIpc) is 3.03. The second kappa shape index (κ2) is 7.51. The number of piperidine rings is 1. The lowest BCUT2D eigenvalue weighted by atomic mass is 10.1. The van der Waals surface area contributed by atoms with Gasteiger partial charge in [0.15, 0.2) is 5.13 Å². The first-order valence-electron chi connectivity index (χ1n) is 7.84. The van der Waals surface area contributed by atoms with Crippen LogP contribution in [0, 0.1) is 0 Å². The lowest BCUT2D eigenvalue weighted by Gasteiger charge is -2.25. The van der Waals surface area contributed by atoms with Crippen molar-refractivity contribution in [3.05, 3.63) is 35.7 Å². The first kappa shape index (κ1) is 15.2. The predicted octanol–water partition coefficient (Wildman–Crippen LogP) is 3.62. The number of likely N-dealkylation sites (tertiary alicyclic amines) is 1. The fourth-order valence-electron chi connectivity index (χ4n) is 2.70. The van der Waals surface area contributed by atoms with E-state index in [1.54, 1.807) is 0 Å². The van der Waals surface area contributed by atoms with E-state index in [2.05, 4.69) is 15.2 Å². The van der Waals surface area contributed by atoms with E-state index in [4.69, 9.17) is 0 Å². The lowest BCUT2D eigenvalue weighted by Crippen LogP contribution is -2.32. The molecule has 0 bridgehead atoms. The van der Waals surface area contributed by atoms with E-state index in [1.807, 2.05) is 35.7 Å². The third-order valence-electron chi connectivity index (χ3n) is 3.92.